The summed E-state index contributed by atoms with van der Waals surface area (Å²) < 4.78 is 0. The summed E-state index contributed by atoms with van der Waals surface area (Å²) in [7, 11) is 0. The Morgan fingerprint density at radius 3 is 2.24 bits per heavy atom. The monoisotopic (exact) mass is 228 g/mol. The Morgan fingerprint density at radius 2 is 1.76 bits per heavy atom. The topological polar surface area (TPSA) is 44.1 Å². The van der Waals surface area contributed by atoms with Gasteiger partial charge in [-0.15, -0.1) is 0 Å². The van der Waals surface area contributed by atoms with Gasteiger partial charge in [-0.3, -0.25) is 4.79 Å². The van der Waals surface area contributed by atoms with Crippen LogP contribution in [0.15, 0.2) is 24.3 Å². The average Bonchev–Trinajstić information content (AvgIpc) is 2.69. The summed E-state index contributed by atoms with van der Waals surface area (Å²) in [5, 5.41) is 8.70. The van der Waals surface area contributed by atoms with Crippen molar-refractivity contribution in [2.75, 3.05) is 13.1 Å². The Hall–Kier alpha value is -1.82. The molecule has 2 atom stereocenters. The number of hydrogen-bond donors (Lipinski definition) is 0. The summed E-state index contributed by atoms with van der Waals surface area (Å²) in [6, 6.07) is 8.89. The molecule has 0 aromatic heterocycles. The van der Waals surface area contributed by atoms with Gasteiger partial charge in [0.25, 0.3) is 5.91 Å². The smallest absolute Gasteiger partial charge is 0.253 e. The Balaban J connectivity index is 2.12. The molecule has 2 rings (SSSR count). The van der Waals surface area contributed by atoms with Crippen molar-refractivity contribution < 1.29 is 4.79 Å². The number of likely N-dealkylation sites (tertiary alicyclic amines) is 1. The lowest BCUT2D eigenvalue weighted by Gasteiger charge is -2.15. The van der Waals surface area contributed by atoms with Gasteiger partial charge < -0.3 is 4.90 Å². The van der Waals surface area contributed by atoms with E-state index in [1.807, 2.05) is 4.90 Å². The maximum Gasteiger partial charge on any atom is 0.253 e. The van der Waals surface area contributed by atoms with Crippen molar-refractivity contribution in [1.29, 1.82) is 5.26 Å². The minimum absolute atomic E-state index is 0.0747. The number of rotatable bonds is 1. The van der Waals surface area contributed by atoms with Gasteiger partial charge in [-0.25, -0.2) is 0 Å². The fraction of sp³-hybridized carbons (Fsp3) is 0.429. The molecule has 1 aromatic carbocycles. The van der Waals surface area contributed by atoms with Gasteiger partial charge in [0.05, 0.1) is 11.6 Å². The highest BCUT2D eigenvalue weighted by Gasteiger charge is 2.29. The molecule has 0 bridgehead atoms. The van der Waals surface area contributed by atoms with E-state index in [4.69, 9.17) is 5.26 Å². The first-order valence-corrected chi connectivity index (χ1v) is 5.91. The van der Waals surface area contributed by atoms with E-state index >= 15 is 0 Å². The van der Waals surface area contributed by atoms with Crippen molar-refractivity contribution >= 4 is 5.91 Å². The van der Waals surface area contributed by atoms with E-state index in [2.05, 4.69) is 19.9 Å². The SMILES string of the molecule is CC1CN(C(=O)c2ccc(C#N)cc2)CC1C. The molecule has 0 saturated carbocycles. The van der Waals surface area contributed by atoms with Gasteiger partial charge >= 0.3 is 0 Å². The Labute approximate surface area is 102 Å². The van der Waals surface area contributed by atoms with Crippen molar-refractivity contribution in [2.24, 2.45) is 11.8 Å². The van der Waals surface area contributed by atoms with E-state index in [-0.39, 0.29) is 5.91 Å². The van der Waals surface area contributed by atoms with Gasteiger partial charge in [0.1, 0.15) is 0 Å². The highest BCUT2D eigenvalue weighted by Crippen LogP contribution is 2.23. The molecular formula is C14H16N2O. The molecule has 0 spiro atoms. The van der Waals surface area contributed by atoms with Crippen LogP contribution in [0.3, 0.4) is 0 Å². The standard InChI is InChI=1S/C14H16N2O/c1-10-8-16(9-11(10)2)14(17)13-5-3-12(7-15)4-6-13/h3-6,10-11H,8-9H2,1-2H3. The van der Waals surface area contributed by atoms with E-state index in [9.17, 15) is 4.79 Å². The molecule has 17 heavy (non-hydrogen) atoms. The normalized spacial score (nSPS) is 23.5. The molecule has 1 aromatic rings. The molecular weight excluding hydrogens is 212 g/mol. The van der Waals surface area contributed by atoms with Gasteiger partial charge in [0, 0.05) is 18.7 Å². The first kappa shape index (κ1) is 11.7. The summed E-state index contributed by atoms with van der Waals surface area (Å²) in [6.07, 6.45) is 0. The molecule has 3 nitrogen and oxygen atoms in total. The van der Waals surface area contributed by atoms with Crippen LogP contribution in [-0.4, -0.2) is 23.9 Å². The number of carbonyl (C=O) groups excluding carboxylic acids is 1. The van der Waals surface area contributed by atoms with Crippen LogP contribution in [0, 0.1) is 23.2 Å². The number of hydrogen-bond acceptors (Lipinski definition) is 2. The maximum absolute atomic E-state index is 12.2. The van der Waals surface area contributed by atoms with Crippen molar-refractivity contribution in [1.82, 2.24) is 4.90 Å². The minimum atomic E-state index is 0.0747. The van der Waals surface area contributed by atoms with Crippen LogP contribution < -0.4 is 0 Å². The Kier molecular flexibility index (Phi) is 3.14. The van der Waals surface area contributed by atoms with E-state index in [1.165, 1.54) is 0 Å². The molecule has 1 amide bonds. The molecule has 88 valence electrons. The number of nitriles is 1. The largest absolute Gasteiger partial charge is 0.338 e. The highest BCUT2D eigenvalue weighted by atomic mass is 16.2. The van der Waals surface area contributed by atoms with Crippen LogP contribution in [-0.2, 0) is 0 Å². The van der Waals surface area contributed by atoms with E-state index in [0.717, 1.165) is 13.1 Å². The first-order chi connectivity index (χ1) is 8.11. The van der Waals surface area contributed by atoms with Gasteiger partial charge in [0.2, 0.25) is 0 Å². The molecule has 1 aliphatic rings. The van der Waals surface area contributed by atoms with Crippen LogP contribution >= 0.6 is 0 Å². The fourth-order valence-electron chi connectivity index (χ4n) is 2.17. The Morgan fingerprint density at radius 1 is 1.24 bits per heavy atom. The number of nitrogens with zero attached hydrogens (tertiary/aromatic N) is 2. The summed E-state index contributed by atoms with van der Waals surface area (Å²) in [4.78, 5) is 14.1. The number of benzene rings is 1. The lowest BCUT2D eigenvalue weighted by Crippen LogP contribution is -2.28. The molecule has 0 aliphatic carbocycles. The van der Waals surface area contributed by atoms with Gasteiger partial charge in [-0.05, 0) is 36.1 Å². The third kappa shape index (κ3) is 2.31. The third-order valence-electron chi connectivity index (χ3n) is 3.54. The summed E-state index contributed by atoms with van der Waals surface area (Å²) >= 11 is 0. The van der Waals surface area contributed by atoms with Crippen molar-refractivity contribution in [3.05, 3.63) is 35.4 Å². The molecule has 1 saturated heterocycles. The van der Waals surface area contributed by atoms with Crippen molar-refractivity contribution in [3.63, 3.8) is 0 Å². The van der Waals surface area contributed by atoms with E-state index in [0.29, 0.717) is 23.0 Å². The summed E-state index contributed by atoms with van der Waals surface area (Å²) in [5.41, 5.74) is 1.26. The second kappa shape index (κ2) is 4.58. The van der Waals surface area contributed by atoms with Crippen molar-refractivity contribution in [3.8, 4) is 6.07 Å². The van der Waals surface area contributed by atoms with Crippen LogP contribution in [0.2, 0.25) is 0 Å². The van der Waals surface area contributed by atoms with Crippen LogP contribution in [0.4, 0.5) is 0 Å². The minimum Gasteiger partial charge on any atom is -0.338 e. The molecule has 3 heteroatoms. The maximum atomic E-state index is 12.2. The molecule has 1 fully saturated rings. The Bertz CT molecular complexity index is 448. The predicted octanol–water partition coefficient (Wildman–Crippen LogP) is 2.29. The molecule has 1 aliphatic heterocycles. The van der Waals surface area contributed by atoms with E-state index < -0.39 is 0 Å². The zero-order chi connectivity index (χ0) is 12.4. The predicted molar refractivity (Wildman–Crippen MR) is 65.4 cm³/mol. The number of carbonyl (C=O) groups is 1. The lowest BCUT2D eigenvalue weighted by molar-refractivity contribution is 0.0785. The quantitative estimate of drug-likeness (QED) is 0.740. The van der Waals surface area contributed by atoms with Crippen LogP contribution in [0.5, 0.6) is 0 Å². The fourth-order valence-corrected chi connectivity index (χ4v) is 2.17. The van der Waals surface area contributed by atoms with Crippen LogP contribution in [0.25, 0.3) is 0 Å². The zero-order valence-electron chi connectivity index (χ0n) is 10.2. The second-order valence-corrected chi connectivity index (χ2v) is 4.85. The zero-order valence-corrected chi connectivity index (χ0v) is 10.2. The van der Waals surface area contributed by atoms with Crippen molar-refractivity contribution in [2.45, 2.75) is 13.8 Å². The highest BCUT2D eigenvalue weighted by molar-refractivity contribution is 5.94. The van der Waals surface area contributed by atoms with E-state index in [1.54, 1.807) is 24.3 Å². The van der Waals surface area contributed by atoms with Gasteiger partial charge in [-0.2, -0.15) is 5.26 Å². The summed E-state index contributed by atoms with van der Waals surface area (Å²) in [6.45, 7) is 6.02. The summed E-state index contributed by atoms with van der Waals surface area (Å²) in [5.74, 6) is 1.21. The molecule has 0 N–H and O–H groups in total. The molecule has 2 unspecified atom stereocenters. The average molecular weight is 228 g/mol. The molecule has 0 radical (unpaired) electrons. The van der Waals surface area contributed by atoms with Gasteiger partial charge in [0.15, 0.2) is 0 Å². The third-order valence-corrected chi connectivity index (χ3v) is 3.54. The second-order valence-electron chi connectivity index (χ2n) is 4.85. The van der Waals surface area contributed by atoms with Gasteiger partial charge in [-0.1, -0.05) is 13.8 Å². The lowest BCUT2D eigenvalue weighted by atomic mass is 10.0. The molecule has 1 heterocycles. The first-order valence-electron chi connectivity index (χ1n) is 5.91. The number of amides is 1. The van der Waals surface area contributed by atoms with Crippen LogP contribution in [0.1, 0.15) is 29.8 Å².